The van der Waals surface area contributed by atoms with Crippen molar-refractivity contribution in [2.45, 2.75) is 11.8 Å². The molecule has 0 bridgehead atoms. The van der Waals surface area contributed by atoms with Gasteiger partial charge in [-0.05, 0) is 42.5 Å². The van der Waals surface area contributed by atoms with E-state index in [9.17, 15) is 17.6 Å². The number of anilines is 2. The van der Waals surface area contributed by atoms with Crippen LogP contribution in [0.2, 0.25) is 0 Å². The maximum atomic E-state index is 13.4. The Morgan fingerprint density at radius 1 is 1.04 bits per heavy atom. The Morgan fingerprint density at radius 3 is 2.27 bits per heavy atom. The Hall–Kier alpha value is -2.45. The maximum absolute atomic E-state index is 13.4. The molecule has 3 rings (SSSR count). The third-order valence-electron chi connectivity index (χ3n) is 4.22. The summed E-state index contributed by atoms with van der Waals surface area (Å²) in [7, 11) is -3.60. The van der Waals surface area contributed by atoms with Crippen molar-refractivity contribution in [2.24, 2.45) is 0 Å². The Bertz CT molecular complexity index is 892. The predicted molar refractivity (Wildman–Crippen MR) is 98.1 cm³/mol. The molecule has 26 heavy (non-hydrogen) atoms. The summed E-state index contributed by atoms with van der Waals surface area (Å²) in [5, 5.41) is 2.61. The summed E-state index contributed by atoms with van der Waals surface area (Å²) in [6.45, 7) is 3.03. The summed E-state index contributed by atoms with van der Waals surface area (Å²) in [6.07, 6.45) is 0. The number of halogens is 1. The molecule has 2 aromatic carbocycles. The highest BCUT2D eigenvalue weighted by molar-refractivity contribution is 7.89. The zero-order valence-corrected chi connectivity index (χ0v) is 15.2. The number of sulfonamides is 1. The molecule has 0 radical (unpaired) electrons. The number of piperazine rings is 1. The summed E-state index contributed by atoms with van der Waals surface area (Å²) < 4.78 is 40.3. The second-order valence-electron chi connectivity index (χ2n) is 6.08. The first-order valence-electron chi connectivity index (χ1n) is 8.24. The second-order valence-corrected chi connectivity index (χ2v) is 8.01. The van der Waals surface area contributed by atoms with Gasteiger partial charge in [0.05, 0.1) is 4.90 Å². The maximum Gasteiger partial charge on any atom is 0.243 e. The monoisotopic (exact) mass is 377 g/mol. The van der Waals surface area contributed by atoms with E-state index in [2.05, 4.69) is 5.32 Å². The number of nitrogens with one attached hydrogen (secondary N) is 1. The van der Waals surface area contributed by atoms with Crippen LogP contribution < -0.4 is 10.2 Å². The Morgan fingerprint density at radius 2 is 1.69 bits per heavy atom. The quantitative estimate of drug-likeness (QED) is 0.888. The fourth-order valence-corrected chi connectivity index (χ4v) is 4.34. The molecule has 0 spiro atoms. The molecule has 8 heteroatoms. The molecule has 1 N–H and O–H groups in total. The van der Waals surface area contributed by atoms with Crippen molar-refractivity contribution in [1.82, 2.24) is 4.31 Å². The van der Waals surface area contributed by atoms with Crippen LogP contribution in [0.25, 0.3) is 0 Å². The smallest absolute Gasteiger partial charge is 0.243 e. The van der Waals surface area contributed by atoms with Crippen molar-refractivity contribution in [3.8, 4) is 0 Å². The predicted octanol–water partition coefficient (Wildman–Crippen LogP) is 2.29. The van der Waals surface area contributed by atoms with E-state index >= 15 is 0 Å². The lowest BCUT2D eigenvalue weighted by atomic mass is 10.2. The normalized spacial score (nSPS) is 15.7. The largest absolute Gasteiger partial charge is 0.369 e. The van der Waals surface area contributed by atoms with Crippen LogP contribution in [0.1, 0.15) is 6.92 Å². The van der Waals surface area contributed by atoms with Crippen LogP contribution in [-0.2, 0) is 14.8 Å². The van der Waals surface area contributed by atoms with E-state index in [-0.39, 0.29) is 16.6 Å². The van der Waals surface area contributed by atoms with Gasteiger partial charge in [0.15, 0.2) is 0 Å². The van der Waals surface area contributed by atoms with Gasteiger partial charge in [-0.1, -0.05) is 6.07 Å². The number of amides is 1. The molecule has 1 fully saturated rings. The number of benzene rings is 2. The zero-order valence-electron chi connectivity index (χ0n) is 14.4. The molecule has 1 amide bonds. The van der Waals surface area contributed by atoms with Gasteiger partial charge in [0.25, 0.3) is 0 Å². The van der Waals surface area contributed by atoms with Gasteiger partial charge in [0.1, 0.15) is 5.82 Å². The van der Waals surface area contributed by atoms with Gasteiger partial charge in [-0.2, -0.15) is 4.31 Å². The molecule has 1 saturated heterocycles. The molecule has 1 aliphatic rings. The number of carbonyl (C=O) groups is 1. The summed E-state index contributed by atoms with van der Waals surface area (Å²) in [6, 6.07) is 12.4. The van der Waals surface area contributed by atoms with Crippen LogP contribution in [0, 0.1) is 5.82 Å². The molecule has 0 unspecified atom stereocenters. The van der Waals surface area contributed by atoms with E-state index in [1.165, 1.54) is 35.5 Å². The van der Waals surface area contributed by atoms with Crippen LogP contribution >= 0.6 is 0 Å². The van der Waals surface area contributed by atoms with E-state index in [1.54, 1.807) is 18.2 Å². The van der Waals surface area contributed by atoms with E-state index in [0.29, 0.717) is 31.9 Å². The molecular weight excluding hydrogens is 357 g/mol. The molecule has 0 aliphatic carbocycles. The lowest BCUT2D eigenvalue weighted by Gasteiger charge is -2.35. The highest BCUT2D eigenvalue weighted by Crippen LogP contribution is 2.22. The first-order valence-corrected chi connectivity index (χ1v) is 9.68. The average Bonchev–Trinajstić information content (AvgIpc) is 2.62. The first-order chi connectivity index (χ1) is 12.4. The Balaban J connectivity index is 1.68. The molecule has 0 saturated carbocycles. The summed E-state index contributed by atoms with van der Waals surface area (Å²) >= 11 is 0. The van der Waals surface area contributed by atoms with E-state index < -0.39 is 10.0 Å². The van der Waals surface area contributed by atoms with Crippen molar-refractivity contribution in [3.63, 3.8) is 0 Å². The fourth-order valence-electron chi connectivity index (χ4n) is 2.92. The minimum absolute atomic E-state index is 0.186. The van der Waals surface area contributed by atoms with E-state index in [0.717, 1.165) is 5.69 Å². The van der Waals surface area contributed by atoms with Gasteiger partial charge in [-0.25, -0.2) is 12.8 Å². The first kappa shape index (κ1) is 18.3. The van der Waals surface area contributed by atoms with Crippen LogP contribution in [-0.4, -0.2) is 44.8 Å². The van der Waals surface area contributed by atoms with Gasteiger partial charge < -0.3 is 10.2 Å². The second kappa shape index (κ2) is 7.43. The Kier molecular flexibility index (Phi) is 5.24. The van der Waals surface area contributed by atoms with Gasteiger partial charge >= 0.3 is 0 Å². The standard InChI is InChI=1S/C18H20FN3O3S/c1-14(23)20-16-5-7-18(8-6-16)26(24,25)22-11-9-21(10-12-22)17-4-2-3-15(19)13-17/h2-8,13H,9-12H2,1H3,(H,20,23). The van der Waals surface area contributed by atoms with Gasteiger partial charge in [0.2, 0.25) is 15.9 Å². The van der Waals surface area contributed by atoms with Crippen LogP contribution in [0.4, 0.5) is 15.8 Å². The van der Waals surface area contributed by atoms with E-state index in [1.807, 2.05) is 11.0 Å². The molecule has 1 aliphatic heterocycles. The molecule has 1 heterocycles. The number of carbonyl (C=O) groups excluding carboxylic acids is 1. The number of hydrogen-bond acceptors (Lipinski definition) is 4. The summed E-state index contributed by atoms with van der Waals surface area (Å²) in [5.41, 5.74) is 1.30. The minimum atomic E-state index is -3.60. The average molecular weight is 377 g/mol. The molecule has 6 nitrogen and oxygen atoms in total. The molecular formula is C18H20FN3O3S. The molecule has 0 aromatic heterocycles. The van der Waals surface area contributed by atoms with Crippen LogP contribution in [0.5, 0.6) is 0 Å². The number of hydrogen-bond donors (Lipinski definition) is 1. The SMILES string of the molecule is CC(=O)Nc1ccc(S(=O)(=O)N2CCN(c3cccc(F)c3)CC2)cc1. The number of nitrogens with zero attached hydrogens (tertiary/aromatic N) is 2. The fraction of sp³-hybridized carbons (Fsp3) is 0.278. The Labute approximate surface area is 152 Å². The van der Waals surface area contributed by atoms with Gasteiger partial charge in [-0.15, -0.1) is 0 Å². The topological polar surface area (TPSA) is 69.7 Å². The minimum Gasteiger partial charge on any atom is -0.369 e. The van der Waals surface area contributed by atoms with Crippen molar-refractivity contribution >= 4 is 27.3 Å². The van der Waals surface area contributed by atoms with E-state index in [4.69, 9.17) is 0 Å². The molecule has 2 aromatic rings. The van der Waals surface area contributed by atoms with Gasteiger partial charge in [0, 0.05) is 44.5 Å². The highest BCUT2D eigenvalue weighted by Gasteiger charge is 2.28. The van der Waals surface area contributed by atoms with Crippen LogP contribution in [0.3, 0.4) is 0 Å². The van der Waals surface area contributed by atoms with Crippen molar-refractivity contribution in [2.75, 3.05) is 36.4 Å². The van der Waals surface area contributed by atoms with Crippen LogP contribution in [0.15, 0.2) is 53.4 Å². The summed E-state index contributed by atoms with van der Waals surface area (Å²) in [5.74, 6) is -0.522. The van der Waals surface area contributed by atoms with Crippen molar-refractivity contribution < 1.29 is 17.6 Å². The lowest BCUT2D eigenvalue weighted by Crippen LogP contribution is -2.48. The van der Waals surface area contributed by atoms with Crippen molar-refractivity contribution in [1.29, 1.82) is 0 Å². The highest BCUT2D eigenvalue weighted by atomic mass is 32.2. The summed E-state index contributed by atoms with van der Waals surface area (Å²) in [4.78, 5) is 13.2. The zero-order chi connectivity index (χ0) is 18.7. The number of rotatable bonds is 4. The molecule has 138 valence electrons. The van der Waals surface area contributed by atoms with Crippen molar-refractivity contribution in [3.05, 3.63) is 54.3 Å². The third kappa shape index (κ3) is 4.03. The lowest BCUT2D eigenvalue weighted by molar-refractivity contribution is -0.114. The molecule has 0 atom stereocenters. The third-order valence-corrected chi connectivity index (χ3v) is 6.14. The van der Waals surface area contributed by atoms with Gasteiger partial charge in [-0.3, -0.25) is 4.79 Å².